The number of carbonyl (C=O) groups is 2. The summed E-state index contributed by atoms with van der Waals surface area (Å²) in [4.78, 5) is 37.0. The first kappa shape index (κ1) is 51.0. The molecule has 0 spiro atoms. The van der Waals surface area contributed by atoms with Crippen molar-refractivity contribution in [2.45, 2.75) is 219 Å². The second-order valence-corrected chi connectivity index (χ2v) is 16.7. The molecule has 0 aliphatic rings. The highest BCUT2D eigenvalue weighted by Gasteiger charge is 2.26. The van der Waals surface area contributed by atoms with E-state index in [9.17, 15) is 19.0 Å². The maximum absolute atomic E-state index is 12.6. The Hall–Kier alpha value is -0.990. The summed E-state index contributed by atoms with van der Waals surface area (Å²) in [6.07, 6.45) is 35.7. The molecule has 2 atom stereocenters. The SMILES string of the molecule is CCCCCCCCCCCCCCCCCCCC(=O)OCC(COP(=O)(O)OCCN(C)C)OC(=O)CCCCCCCCCCCCCC. The molecule has 0 aromatic carbocycles. The number of nitrogens with zero attached hydrogens (tertiary/aromatic N) is 1. The fourth-order valence-electron chi connectivity index (χ4n) is 6.28. The molecule has 0 aliphatic heterocycles. The highest BCUT2D eigenvalue weighted by molar-refractivity contribution is 7.47. The third-order valence-corrected chi connectivity index (χ3v) is 10.6. The van der Waals surface area contributed by atoms with Crippen LogP contribution in [0.4, 0.5) is 0 Å². The number of hydrogen-bond acceptors (Lipinski definition) is 8. The maximum atomic E-state index is 12.6. The van der Waals surface area contributed by atoms with E-state index in [-0.39, 0.29) is 25.6 Å². The van der Waals surface area contributed by atoms with Gasteiger partial charge in [0.1, 0.15) is 6.61 Å². The summed E-state index contributed by atoms with van der Waals surface area (Å²) in [5, 5.41) is 0. The predicted molar refractivity (Wildman–Crippen MR) is 216 cm³/mol. The van der Waals surface area contributed by atoms with E-state index in [1.807, 2.05) is 19.0 Å². The van der Waals surface area contributed by atoms with E-state index >= 15 is 0 Å². The van der Waals surface area contributed by atoms with Gasteiger partial charge in [-0.15, -0.1) is 0 Å². The molecule has 0 aromatic rings. The normalized spacial score (nSPS) is 13.3. The van der Waals surface area contributed by atoms with Gasteiger partial charge in [0.2, 0.25) is 0 Å². The zero-order chi connectivity index (χ0) is 38.4. The number of unbranched alkanes of at least 4 members (excludes halogenated alkanes) is 27. The van der Waals surface area contributed by atoms with Gasteiger partial charge < -0.3 is 19.3 Å². The molecule has 10 heteroatoms. The third kappa shape index (κ3) is 38.7. The molecule has 0 amide bonds. The lowest BCUT2D eigenvalue weighted by atomic mass is 10.0. The Bertz CT molecular complexity index is 843. The van der Waals surface area contributed by atoms with Crippen molar-refractivity contribution in [1.29, 1.82) is 0 Å². The van der Waals surface area contributed by atoms with Crippen molar-refractivity contribution in [2.75, 3.05) is 40.5 Å². The molecule has 2 unspecified atom stereocenters. The summed E-state index contributed by atoms with van der Waals surface area (Å²) in [5.41, 5.74) is 0. The van der Waals surface area contributed by atoms with Crippen molar-refractivity contribution < 1.29 is 37.6 Å². The van der Waals surface area contributed by atoms with Crippen LogP contribution in [0.15, 0.2) is 0 Å². The van der Waals surface area contributed by atoms with Crippen molar-refractivity contribution in [3.8, 4) is 0 Å². The molecule has 0 saturated carbocycles. The summed E-state index contributed by atoms with van der Waals surface area (Å²) >= 11 is 0. The van der Waals surface area contributed by atoms with E-state index in [0.717, 1.165) is 32.1 Å². The number of phosphoric ester groups is 1. The fourth-order valence-corrected chi connectivity index (χ4v) is 7.02. The molecule has 310 valence electrons. The minimum absolute atomic E-state index is 0.0124. The Balaban J connectivity index is 4.21. The van der Waals surface area contributed by atoms with Crippen LogP contribution in [-0.4, -0.2) is 68.3 Å². The molecule has 0 aliphatic carbocycles. The Morgan fingerprint density at radius 3 is 1.23 bits per heavy atom. The summed E-state index contributed by atoms with van der Waals surface area (Å²) in [6.45, 7) is 4.35. The molecule has 0 saturated heterocycles. The van der Waals surface area contributed by atoms with Crippen LogP contribution in [0.2, 0.25) is 0 Å². The number of hydrogen-bond donors (Lipinski definition) is 1. The predicted octanol–water partition coefficient (Wildman–Crippen LogP) is 12.3. The van der Waals surface area contributed by atoms with Crippen LogP contribution in [0.25, 0.3) is 0 Å². The highest BCUT2D eigenvalue weighted by Crippen LogP contribution is 2.43. The van der Waals surface area contributed by atoms with E-state index < -0.39 is 26.5 Å². The van der Waals surface area contributed by atoms with Crippen molar-refractivity contribution in [2.24, 2.45) is 0 Å². The van der Waals surface area contributed by atoms with E-state index in [2.05, 4.69) is 13.8 Å². The number of likely N-dealkylation sites (N-methyl/N-ethyl adjacent to an activating group) is 1. The molecule has 0 radical (unpaired) electrons. The van der Waals surface area contributed by atoms with Gasteiger partial charge in [-0.1, -0.05) is 187 Å². The lowest BCUT2D eigenvalue weighted by molar-refractivity contribution is -0.161. The van der Waals surface area contributed by atoms with Crippen molar-refractivity contribution in [1.82, 2.24) is 4.90 Å². The fraction of sp³-hybridized carbons (Fsp3) is 0.952. The van der Waals surface area contributed by atoms with Gasteiger partial charge >= 0.3 is 19.8 Å². The quantitative estimate of drug-likeness (QED) is 0.0369. The number of carbonyl (C=O) groups excluding carboxylic acids is 2. The first-order valence-electron chi connectivity index (χ1n) is 21.8. The van der Waals surface area contributed by atoms with E-state index in [1.54, 1.807) is 0 Å². The van der Waals surface area contributed by atoms with Gasteiger partial charge in [-0.2, -0.15) is 0 Å². The number of esters is 2. The molecule has 1 N–H and O–H groups in total. The minimum atomic E-state index is -4.35. The molecule has 0 bridgehead atoms. The Labute approximate surface area is 321 Å². The Kier molecular flexibility index (Phi) is 37.6. The van der Waals surface area contributed by atoms with Crippen LogP contribution in [0.1, 0.15) is 213 Å². The first-order chi connectivity index (χ1) is 25.2. The molecule has 52 heavy (non-hydrogen) atoms. The first-order valence-corrected chi connectivity index (χ1v) is 23.3. The standard InChI is InChI=1S/C42H84NO8P/c1-5-7-9-11-13-15-17-19-20-21-22-23-25-26-28-30-32-34-41(44)48-38-40(39-50-52(46,47)49-37-36-43(3)4)51-42(45)35-33-31-29-27-24-18-16-14-12-10-8-6-2/h40H,5-39H2,1-4H3,(H,46,47). The van der Waals surface area contributed by atoms with Gasteiger partial charge in [-0.25, -0.2) is 4.57 Å². The maximum Gasteiger partial charge on any atom is 0.472 e. The molecule has 0 aromatic heterocycles. The van der Waals surface area contributed by atoms with Crippen LogP contribution in [0.5, 0.6) is 0 Å². The third-order valence-electron chi connectivity index (χ3n) is 9.66. The van der Waals surface area contributed by atoms with E-state index in [4.69, 9.17) is 18.5 Å². The summed E-state index contributed by atoms with van der Waals surface area (Å²) < 4.78 is 33.4. The number of phosphoric acid groups is 1. The van der Waals surface area contributed by atoms with Gasteiger partial charge in [0, 0.05) is 19.4 Å². The van der Waals surface area contributed by atoms with Crippen LogP contribution in [0, 0.1) is 0 Å². The number of ether oxygens (including phenoxy) is 2. The summed E-state index contributed by atoms with van der Waals surface area (Å²) in [7, 11) is -0.696. The van der Waals surface area contributed by atoms with Gasteiger partial charge in [0.25, 0.3) is 0 Å². The molecular formula is C42H84NO8P. The smallest absolute Gasteiger partial charge is 0.462 e. The summed E-state index contributed by atoms with van der Waals surface area (Å²) in [6, 6.07) is 0. The van der Waals surface area contributed by atoms with Crippen molar-refractivity contribution in [3.05, 3.63) is 0 Å². The van der Waals surface area contributed by atoms with Gasteiger partial charge in [0.15, 0.2) is 6.10 Å². The highest BCUT2D eigenvalue weighted by atomic mass is 31.2. The van der Waals surface area contributed by atoms with E-state index in [0.29, 0.717) is 19.4 Å². The van der Waals surface area contributed by atoms with Crippen LogP contribution >= 0.6 is 7.82 Å². The van der Waals surface area contributed by atoms with Crippen molar-refractivity contribution in [3.63, 3.8) is 0 Å². The van der Waals surface area contributed by atoms with Crippen LogP contribution in [0.3, 0.4) is 0 Å². The molecule has 0 heterocycles. The Morgan fingerprint density at radius 2 is 0.865 bits per heavy atom. The average molecular weight is 762 g/mol. The average Bonchev–Trinajstić information content (AvgIpc) is 3.11. The van der Waals surface area contributed by atoms with Crippen LogP contribution < -0.4 is 0 Å². The van der Waals surface area contributed by atoms with Crippen LogP contribution in [-0.2, 0) is 32.7 Å². The zero-order valence-electron chi connectivity index (χ0n) is 34.5. The van der Waals surface area contributed by atoms with Gasteiger partial charge in [-0.05, 0) is 26.9 Å². The van der Waals surface area contributed by atoms with Crippen molar-refractivity contribution >= 4 is 19.8 Å². The molecule has 0 rings (SSSR count). The largest absolute Gasteiger partial charge is 0.472 e. The second kappa shape index (κ2) is 38.3. The van der Waals surface area contributed by atoms with E-state index in [1.165, 1.54) is 148 Å². The lowest BCUT2D eigenvalue weighted by Gasteiger charge is -2.20. The lowest BCUT2D eigenvalue weighted by Crippen LogP contribution is -2.29. The summed E-state index contributed by atoms with van der Waals surface area (Å²) in [5.74, 6) is -0.788. The Morgan fingerprint density at radius 1 is 0.519 bits per heavy atom. The molecule has 0 fully saturated rings. The topological polar surface area (TPSA) is 112 Å². The molecule has 9 nitrogen and oxygen atoms in total. The zero-order valence-corrected chi connectivity index (χ0v) is 35.4. The second-order valence-electron chi connectivity index (χ2n) is 15.2. The number of rotatable bonds is 41. The van der Waals surface area contributed by atoms with Gasteiger partial charge in [0.05, 0.1) is 13.2 Å². The monoisotopic (exact) mass is 762 g/mol. The molecular weight excluding hydrogens is 677 g/mol. The van der Waals surface area contributed by atoms with Gasteiger partial charge in [-0.3, -0.25) is 18.6 Å². The minimum Gasteiger partial charge on any atom is -0.462 e.